The fourth-order valence-corrected chi connectivity index (χ4v) is 4.21. The van der Waals surface area contributed by atoms with Crippen LogP contribution in [0.4, 0.5) is 32.2 Å². The number of anilines is 1. The number of fused-ring (bicyclic) bond motifs is 1. The van der Waals surface area contributed by atoms with Crippen molar-refractivity contribution in [1.29, 1.82) is 0 Å². The number of aromatic nitrogens is 2. The summed E-state index contributed by atoms with van der Waals surface area (Å²) < 4.78 is 88.5. The van der Waals surface area contributed by atoms with Gasteiger partial charge in [0.05, 0.1) is 25.3 Å². The van der Waals surface area contributed by atoms with Crippen molar-refractivity contribution in [3.8, 4) is 5.75 Å². The van der Waals surface area contributed by atoms with Crippen LogP contribution in [0, 0.1) is 0 Å². The van der Waals surface area contributed by atoms with Gasteiger partial charge in [0.25, 0.3) is 5.91 Å². The van der Waals surface area contributed by atoms with E-state index in [-0.39, 0.29) is 31.0 Å². The minimum Gasteiger partial charge on any atom is -0.465 e. The molecule has 2 heterocycles. The Balaban J connectivity index is 1.58. The number of nitrogens with zero attached hydrogens (tertiary/aromatic N) is 3. The average molecular weight is 556 g/mol. The molecule has 1 aromatic heterocycles. The lowest BCUT2D eigenvalue weighted by Gasteiger charge is -2.21. The molecule has 3 aromatic rings. The van der Waals surface area contributed by atoms with E-state index in [2.05, 4.69) is 19.9 Å². The summed E-state index contributed by atoms with van der Waals surface area (Å²) in [6, 6.07) is 10.2. The van der Waals surface area contributed by atoms with E-state index in [1.807, 2.05) is 0 Å². The number of hydrogen-bond acceptors (Lipinski definition) is 6. The summed E-state index contributed by atoms with van der Waals surface area (Å²) in [7, 11) is 1.22. The Morgan fingerprint density at radius 3 is 2.21 bits per heavy atom. The van der Waals surface area contributed by atoms with Gasteiger partial charge in [-0.15, -0.1) is 13.2 Å². The van der Waals surface area contributed by atoms with Gasteiger partial charge in [-0.2, -0.15) is 18.3 Å². The minimum absolute atomic E-state index is 0.0140. The maximum atomic E-state index is 13.9. The zero-order valence-electron chi connectivity index (χ0n) is 20.6. The van der Waals surface area contributed by atoms with Crippen LogP contribution < -0.4 is 15.0 Å². The summed E-state index contributed by atoms with van der Waals surface area (Å²) in [6.45, 7) is 1.89. The molecule has 208 valence electrons. The molecule has 14 heteroatoms. The van der Waals surface area contributed by atoms with Crippen LogP contribution in [0.25, 0.3) is 0 Å². The van der Waals surface area contributed by atoms with Crippen molar-refractivity contribution in [2.45, 2.75) is 38.6 Å². The molecule has 0 fully saturated rings. The van der Waals surface area contributed by atoms with Gasteiger partial charge in [-0.3, -0.25) is 4.79 Å². The molecule has 39 heavy (non-hydrogen) atoms. The Morgan fingerprint density at radius 2 is 1.64 bits per heavy atom. The molecule has 0 saturated carbocycles. The number of benzene rings is 2. The third kappa shape index (κ3) is 6.26. The van der Waals surface area contributed by atoms with Crippen LogP contribution in [0.15, 0.2) is 48.5 Å². The Kier molecular flexibility index (Phi) is 7.48. The van der Waals surface area contributed by atoms with Crippen molar-refractivity contribution in [1.82, 2.24) is 15.1 Å². The molecule has 0 radical (unpaired) electrons. The standard InChI is InChI=1S/C25H22F6N4O4/c1-14(16-5-7-17(8-6-16)23(37)38-2)32-21(36)19-20(24(26,27)28)33-35-12-11-34(22(19)35)13-15-3-9-18(10-4-15)39-25(29,30)31/h3-10,14H,11-13H2,1-2H3,(H,32,36)/t14-/m0/s1. The van der Waals surface area contributed by atoms with E-state index in [9.17, 15) is 35.9 Å². The second-order valence-corrected chi connectivity index (χ2v) is 8.69. The SMILES string of the molecule is COC(=O)c1ccc([C@H](C)NC(=O)c2c(C(F)(F)F)nn3c2N(Cc2ccc(OC(F)(F)F)cc2)CC3)cc1. The predicted molar refractivity (Wildman–Crippen MR) is 125 cm³/mol. The molecule has 1 atom stereocenters. The van der Waals surface area contributed by atoms with E-state index in [0.29, 0.717) is 11.1 Å². The Bertz CT molecular complexity index is 1350. The van der Waals surface area contributed by atoms with Crippen LogP contribution in [-0.4, -0.2) is 41.7 Å². The number of halogens is 6. The summed E-state index contributed by atoms with van der Waals surface area (Å²) in [4.78, 5) is 26.4. The molecule has 0 saturated heterocycles. The highest BCUT2D eigenvalue weighted by molar-refractivity contribution is 6.01. The largest absolute Gasteiger partial charge is 0.573 e. The molecule has 0 spiro atoms. The number of ether oxygens (including phenoxy) is 2. The first-order valence-electron chi connectivity index (χ1n) is 11.5. The Morgan fingerprint density at radius 1 is 1.00 bits per heavy atom. The lowest BCUT2D eigenvalue weighted by Crippen LogP contribution is -2.31. The summed E-state index contributed by atoms with van der Waals surface area (Å²) >= 11 is 0. The van der Waals surface area contributed by atoms with E-state index >= 15 is 0 Å². The predicted octanol–water partition coefficient (Wildman–Crippen LogP) is 5.10. The van der Waals surface area contributed by atoms with E-state index < -0.39 is 47.5 Å². The highest BCUT2D eigenvalue weighted by Gasteiger charge is 2.44. The first kappa shape index (κ1) is 27.8. The van der Waals surface area contributed by atoms with Crippen LogP contribution in [0.2, 0.25) is 0 Å². The lowest BCUT2D eigenvalue weighted by molar-refractivity contribution is -0.274. The summed E-state index contributed by atoms with van der Waals surface area (Å²) in [6.07, 6.45) is -9.78. The van der Waals surface area contributed by atoms with Gasteiger partial charge in [0.15, 0.2) is 5.69 Å². The van der Waals surface area contributed by atoms with Gasteiger partial charge in [0.2, 0.25) is 0 Å². The van der Waals surface area contributed by atoms with Crippen LogP contribution in [0.3, 0.4) is 0 Å². The van der Waals surface area contributed by atoms with Crippen molar-refractivity contribution in [3.05, 3.63) is 76.5 Å². The van der Waals surface area contributed by atoms with Gasteiger partial charge in [0, 0.05) is 13.1 Å². The van der Waals surface area contributed by atoms with Gasteiger partial charge < -0.3 is 19.7 Å². The van der Waals surface area contributed by atoms with Crippen molar-refractivity contribution in [2.75, 3.05) is 18.6 Å². The molecule has 4 rings (SSSR count). The van der Waals surface area contributed by atoms with Crippen LogP contribution >= 0.6 is 0 Å². The van der Waals surface area contributed by atoms with Gasteiger partial charge in [-0.25, -0.2) is 9.48 Å². The van der Waals surface area contributed by atoms with Crippen molar-refractivity contribution in [3.63, 3.8) is 0 Å². The minimum atomic E-state index is -4.92. The van der Waals surface area contributed by atoms with Gasteiger partial charge in [0.1, 0.15) is 17.1 Å². The van der Waals surface area contributed by atoms with E-state index in [1.165, 1.54) is 36.3 Å². The van der Waals surface area contributed by atoms with Crippen LogP contribution in [0.5, 0.6) is 5.75 Å². The number of nitrogens with one attached hydrogen (secondary N) is 1. The number of carbonyl (C=O) groups excluding carboxylic acids is 2. The second kappa shape index (κ2) is 10.5. The van der Waals surface area contributed by atoms with E-state index in [0.717, 1.165) is 16.8 Å². The molecular formula is C25H22F6N4O4. The fraction of sp³-hybridized carbons (Fsp3) is 0.320. The number of esters is 1. The molecule has 1 N–H and O–H groups in total. The molecule has 0 bridgehead atoms. The smallest absolute Gasteiger partial charge is 0.465 e. The monoisotopic (exact) mass is 556 g/mol. The van der Waals surface area contributed by atoms with E-state index in [4.69, 9.17) is 0 Å². The zero-order chi connectivity index (χ0) is 28.5. The van der Waals surface area contributed by atoms with E-state index in [1.54, 1.807) is 19.1 Å². The molecule has 0 unspecified atom stereocenters. The average Bonchev–Trinajstić information content (AvgIpc) is 3.44. The third-order valence-electron chi connectivity index (χ3n) is 6.01. The number of carbonyl (C=O) groups is 2. The lowest BCUT2D eigenvalue weighted by atomic mass is 10.1. The molecular weight excluding hydrogens is 534 g/mol. The number of rotatable bonds is 7. The highest BCUT2D eigenvalue weighted by Crippen LogP contribution is 2.39. The number of methoxy groups -OCH3 is 1. The molecule has 1 amide bonds. The van der Waals surface area contributed by atoms with Crippen molar-refractivity contribution in [2.24, 2.45) is 0 Å². The topological polar surface area (TPSA) is 85.7 Å². The van der Waals surface area contributed by atoms with Crippen LogP contribution in [-0.2, 0) is 24.0 Å². The van der Waals surface area contributed by atoms with Crippen LogP contribution in [0.1, 0.15) is 50.5 Å². The third-order valence-corrected chi connectivity index (χ3v) is 6.01. The highest BCUT2D eigenvalue weighted by atomic mass is 19.4. The fourth-order valence-electron chi connectivity index (χ4n) is 4.21. The van der Waals surface area contributed by atoms with Crippen molar-refractivity contribution < 1.29 is 45.4 Å². The van der Waals surface area contributed by atoms with Gasteiger partial charge in [-0.1, -0.05) is 24.3 Å². The zero-order valence-corrected chi connectivity index (χ0v) is 20.6. The Hall–Kier alpha value is -4.23. The first-order valence-corrected chi connectivity index (χ1v) is 11.5. The molecule has 1 aliphatic rings. The molecule has 1 aliphatic heterocycles. The molecule has 2 aromatic carbocycles. The molecule has 0 aliphatic carbocycles. The summed E-state index contributed by atoms with van der Waals surface area (Å²) in [5, 5.41) is 6.20. The maximum absolute atomic E-state index is 13.9. The Labute approximate surface area is 218 Å². The normalized spacial score (nSPS) is 14.1. The van der Waals surface area contributed by atoms with Gasteiger partial charge >= 0.3 is 18.5 Å². The number of hydrogen-bond donors (Lipinski definition) is 1. The summed E-state index contributed by atoms with van der Waals surface area (Å²) in [5.41, 5.74) is -0.719. The number of alkyl halides is 6. The molecule has 8 nitrogen and oxygen atoms in total. The van der Waals surface area contributed by atoms with Crippen molar-refractivity contribution >= 4 is 17.7 Å². The quantitative estimate of drug-likeness (QED) is 0.322. The second-order valence-electron chi connectivity index (χ2n) is 8.69. The van der Waals surface area contributed by atoms with Gasteiger partial charge in [-0.05, 0) is 42.3 Å². The first-order chi connectivity index (χ1) is 18.3. The maximum Gasteiger partial charge on any atom is 0.573 e. The number of amides is 1. The summed E-state index contributed by atoms with van der Waals surface area (Å²) in [5.74, 6) is -2.06.